The molecule has 1 heterocycles. The highest BCUT2D eigenvalue weighted by atomic mass is 16.3. The molecule has 17 heavy (non-hydrogen) atoms. The summed E-state index contributed by atoms with van der Waals surface area (Å²) >= 11 is 0. The third kappa shape index (κ3) is 3.68. The van der Waals surface area contributed by atoms with Crippen LogP contribution in [0.15, 0.2) is 0 Å². The molecule has 0 aromatic carbocycles. The lowest BCUT2D eigenvalue weighted by Gasteiger charge is -2.34. The Bertz CT molecular complexity index is 258. The topological polar surface area (TPSA) is 43.8 Å². The van der Waals surface area contributed by atoms with E-state index >= 15 is 0 Å². The number of β-amino-alcohol motifs (C(OH)–C–C–N with tert-alkyl or cyclic N) is 1. The van der Waals surface area contributed by atoms with E-state index in [1.165, 1.54) is 12.8 Å². The van der Waals surface area contributed by atoms with Gasteiger partial charge in [-0.15, -0.1) is 0 Å². The van der Waals surface area contributed by atoms with Crippen molar-refractivity contribution in [2.24, 2.45) is 5.92 Å². The summed E-state index contributed by atoms with van der Waals surface area (Å²) in [5, 5.41) is 8.89. The molecule has 0 aromatic heterocycles. The molecule has 1 aliphatic carbocycles. The van der Waals surface area contributed by atoms with E-state index in [9.17, 15) is 4.79 Å². The van der Waals surface area contributed by atoms with Crippen LogP contribution >= 0.6 is 0 Å². The van der Waals surface area contributed by atoms with Gasteiger partial charge in [0.2, 0.25) is 5.91 Å². The van der Waals surface area contributed by atoms with Gasteiger partial charge in [0, 0.05) is 26.1 Å². The van der Waals surface area contributed by atoms with Gasteiger partial charge in [-0.25, -0.2) is 0 Å². The Labute approximate surface area is 104 Å². The van der Waals surface area contributed by atoms with Crippen LogP contribution in [-0.2, 0) is 4.79 Å². The van der Waals surface area contributed by atoms with Gasteiger partial charge in [0.05, 0.1) is 6.61 Å². The Morgan fingerprint density at radius 1 is 1.29 bits per heavy atom. The fourth-order valence-corrected chi connectivity index (χ4v) is 2.73. The number of amides is 1. The minimum atomic E-state index is 0.241. The Balaban J connectivity index is 1.74. The maximum atomic E-state index is 11.5. The minimum absolute atomic E-state index is 0.241. The van der Waals surface area contributed by atoms with Crippen LogP contribution in [0.3, 0.4) is 0 Å². The summed E-state index contributed by atoms with van der Waals surface area (Å²) in [6, 6.07) is 0.544. The first-order valence-electron chi connectivity index (χ1n) is 6.81. The number of piperidine rings is 1. The summed E-state index contributed by atoms with van der Waals surface area (Å²) in [5.41, 5.74) is 0. The lowest BCUT2D eigenvalue weighted by molar-refractivity contribution is -0.130. The molecule has 98 valence electrons. The van der Waals surface area contributed by atoms with Gasteiger partial charge in [-0.05, 0) is 44.7 Å². The first-order chi connectivity index (χ1) is 8.20. The average Bonchev–Trinajstić information content (AvgIpc) is 3.12. The van der Waals surface area contributed by atoms with Crippen LogP contribution < -0.4 is 0 Å². The fraction of sp³-hybridized carbons (Fsp3) is 0.923. The highest BCUT2D eigenvalue weighted by Crippen LogP contribution is 2.29. The molecule has 1 saturated carbocycles. The summed E-state index contributed by atoms with van der Waals surface area (Å²) in [7, 11) is 0. The quantitative estimate of drug-likeness (QED) is 0.769. The molecule has 2 fully saturated rings. The molecule has 0 atom stereocenters. The van der Waals surface area contributed by atoms with E-state index in [0.717, 1.165) is 39.0 Å². The molecule has 0 bridgehead atoms. The van der Waals surface area contributed by atoms with Crippen LogP contribution in [0, 0.1) is 5.92 Å². The zero-order chi connectivity index (χ0) is 12.3. The van der Waals surface area contributed by atoms with Gasteiger partial charge in [0.25, 0.3) is 0 Å². The van der Waals surface area contributed by atoms with E-state index in [4.69, 9.17) is 5.11 Å². The molecule has 2 rings (SSSR count). The van der Waals surface area contributed by atoms with Crippen LogP contribution in [0.5, 0.6) is 0 Å². The number of likely N-dealkylation sites (tertiary alicyclic amines) is 1. The monoisotopic (exact) mass is 240 g/mol. The smallest absolute Gasteiger partial charge is 0.219 e. The maximum absolute atomic E-state index is 11.5. The Kier molecular flexibility index (Phi) is 4.40. The van der Waals surface area contributed by atoms with Gasteiger partial charge in [0.15, 0.2) is 0 Å². The number of carbonyl (C=O) groups is 1. The van der Waals surface area contributed by atoms with Crippen LogP contribution in [0.2, 0.25) is 0 Å². The predicted molar refractivity (Wildman–Crippen MR) is 66.7 cm³/mol. The minimum Gasteiger partial charge on any atom is -0.395 e. The van der Waals surface area contributed by atoms with Crippen molar-refractivity contribution in [3.63, 3.8) is 0 Å². The first kappa shape index (κ1) is 12.8. The van der Waals surface area contributed by atoms with Crippen molar-refractivity contribution in [1.29, 1.82) is 0 Å². The van der Waals surface area contributed by atoms with Crippen LogP contribution in [0.25, 0.3) is 0 Å². The second-order valence-electron chi connectivity index (χ2n) is 5.41. The molecule has 4 nitrogen and oxygen atoms in total. The molecule has 1 aliphatic heterocycles. The van der Waals surface area contributed by atoms with Crippen LogP contribution in [0.4, 0.5) is 0 Å². The lowest BCUT2D eigenvalue weighted by Crippen LogP contribution is -2.41. The van der Waals surface area contributed by atoms with Crippen LogP contribution in [0.1, 0.15) is 32.6 Å². The van der Waals surface area contributed by atoms with Crippen molar-refractivity contribution in [2.45, 2.75) is 38.6 Å². The van der Waals surface area contributed by atoms with Gasteiger partial charge < -0.3 is 14.9 Å². The summed E-state index contributed by atoms with van der Waals surface area (Å²) in [6.45, 7) is 5.84. The predicted octanol–water partition coefficient (Wildman–Crippen LogP) is 0.702. The Morgan fingerprint density at radius 2 is 1.94 bits per heavy atom. The number of rotatable bonds is 5. The number of aliphatic hydroxyl groups excluding tert-OH is 1. The molecular formula is C13H24N2O2. The zero-order valence-corrected chi connectivity index (χ0v) is 10.8. The standard InChI is InChI=1S/C13H24N2O2/c1-11(17)15(13-2-3-13)10-12-4-6-14(7-5-12)8-9-16/h12-13,16H,2-10H2,1H3. The van der Waals surface area contributed by atoms with E-state index in [-0.39, 0.29) is 12.5 Å². The van der Waals surface area contributed by atoms with E-state index in [1.54, 1.807) is 6.92 Å². The molecule has 0 unspecified atom stereocenters. The number of aliphatic hydroxyl groups is 1. The van der Waals surface area contributed by atoms with Crippen LogP contribution in [-0.4, -0.2) is 59.6 Å². The van der Waals surface area contributed by atoms with E-state index in [2.05, 4.69) is 9.80 Å². The molecule has 0 radical (unpaired) electrons. The molecule has 1 saturated heterocycles. The van der Waals surface area contributed by atoms with Crippen molar-refractivity contribution < 1.29 is 9.90 Å². The van der Waals surface area contributed by atoms with Gasteiger partial charge in [-0.3, -0.25) is 4.79 Å². The molecule has 2 aliphatic rings. The molecule has 0 aromatic rings. The number of hydrogen-bond acceptors (Lipinski definition) is 3. The molecule has 1 N–H and O–H groups in total. The Morgan fingerprint density at radius 3 is 2.41 bits per heavy atom. The second-order valence-corrected chi connectivity index (χ2v) is 5.41. The van der Waals surface area contributed by atoms with Crippen molar-refractivity contribution >= 4 is 5.91 Å². The highest BCUT2D eigenvalue weighted by molar-refractivity contribution is 5.74. The van der Waals surface area contributed by atoms with Crippen molar-refractivity contribution in [3.8, 4) is 0 Å². The average molecular weight is 240 g/mol. The summed E-state index contributed by atoms with van der Waals surface area (Å²) in [6.07, 6.45) is 4.72. The molecule has 1 amide bonds. The van der Waals surface area contributed by atoms with E-state index < -0.39 is 0 Å². The van der Waals surface area contributed by atoms with E-state index in [0.29, 0.717) is 12.0 Å². The largest absolute Gasteiger partial charge is 0.395 e. The van der Waals surface area contributed by atoms with E-state index in [1.807, 2.05) is 0 Å². The zero-order valence-electron chi connectivity index (χ0n) is 10.8. The highest BCUT2D eigenvalue weighted by Gasteiger charge is 2.32. The molecule has 4 heteroatoms. The second kappa shape index (κ2) is 5.83. The number of nitrogens with zero attached hydrogens (tertiary/aromatic N) is 2. The third-order valence-corrected chi connectivity index (χ3v) is 3.97. The van der Waals surface area contributed by atoms with Gasteiger partial charge >= 0.3 is 0 Å². The van der Waals surface area contributed by atoms with Gasteiger partial charge in [-0.2, -0.15) is 0 Å². The lowest BCUT2D eigenvalue weighted by atomic mass is 9.96. The van der Waals surface area contributed by atoms with Crippen molar-refractivity contribution in [1.82, 2.24) is 9.80 Å². The fourth-order valence-electron chi connectivity index (χ4n) is 2.73. The number of hydrogen-bond donors (Lipinski definition) is 1. The van der Waals surface area contributed by atoms with Crippen molar-refractivity contribution in [3.05, 3.63) is 0 Å². The summed E-state index contributed by atoms with van der Waals surface area (Å²) in [4.78, 5) is 15.9. The van der Waals surface area contributed by atoms with Gasteiger partial charge in [0.1, 0.15) is 0 Å². The van der Waals surface area contributed by atoms with Gasteiger partial charge in [-0.1, -0.05) is 0 Å². The maximum Gasteiger partial charge on any atom is 0.219 e. The third-order valence-electron chi connectivity index (χ3n) is 3.97. The SMILES string of the molecule is CC(=O)N(CC1CCN(CCO)CC1)C1CC1. The molecular weight excluding hydrogens is 216 g/mol. The number of carbonyl (C=O) groups excluding carboxylic acids is 1. The summed E-state index contributed by atoms with van der Waals surface area (Å²) < 4.78 is 0. The first-order valence-corrected chi connectivity index (χ1v) is 6.81. The molecule has 0 spiro atoms. The van der Waals surface area contributed by atoms with Crippen molar-refractivity contribution in [2.75, 3.05) is 32.8 Å². The normalized spacial score (nSPS) is 22.7. The Hall–Kier alpha value is -0.610. The summed E-state index contributed by atoms with van der Waals surface area (Å²) in [5.74, 6) is 0.903.